The number of nitrogens with zero attached hydrogens (tertiary/aromatic N) is 3. The zero-order valence-corrected chi connectivity index (χ0v) is 21.8. The summed E-state index contributed by atoms with van der Waals surface area (Å²) in [4.78, 5) is 25.4. The highest BCUT2D eigenvalue weighted by Gasteiger charge is 2.28. The molecule has 39 heavy (non-hydrogen) atoms. The van der Waals surface area contributed by atoms with Crippen molar-refractivity contribution in [1.82, 2.24) is 20.3 Å². The molecule has 13 heteroatoms. The lowest BCUT2D eigenvalue weighted by atomic mass is 10.0. The molecule has 0 unspecified atom stereocenters. The maximum Gasteiger partial charge on any atom is 0.243 e. The third kappa shape index (κ3) is 6.15. The van der Waals surface area contributed by atoms with Gasteiger partial charge in [-0.25, -0.2) is 23.7 Å². The fourth-order valence-corrected chi connectivity index (χ4v) is 4.20. The second kappa shape index (κ2) is 12.6. The van der Waals surface area contributed by atoms with E-state index in [2.05, 4.69) is 37.5 Å². The molecule has 1 aromatic carbocycles. The molecule has 208 valence electrons. The number of pyridine rings is 1. The molecule has 1 fully saturated rings. The number of halogens is 2. The molecule has 3 aromatic rings. The minimum Gasteiger partial charge on any atom is -0.494 e. The van der Waals surface area contributed by atoms with Gasteiger partial charge in [0.15, 0.2) is 29.0 Å². The molecule has 2 aromatic heterocycles. The number of hydrogen-bond acceptors (Lipinski definition) is 10. The smallest absolute Gasteiger partial charge is 0.243 e. The van der Waals surface area contributed by atoms with E-state index in [9.17, 15) is 4.79 Å². The van der Waals surface area contributed by atoms with Crippen molar-refractivity contribution in [2.75, 3.05) is 58.3 Å². The van der Waals surface area contributed by atoms with E-state index >= 15 is 8.78 Å². The van der Waals surface area contributed by atoms with Crippen LogP contribution in [0.3, 0.4) is 0 Å². The summed E-state index contributed by atoms with van der Waals surface area (Å²) in [6.45, 7) is 5.03. The highest BCUT2D eigenvalue weighted by molar-refractivity contribution is 5.92. The quantitative estimate of drug-likeness (QED) is 0.245. The van der Waals surface area contributed by atoms with Crippen LogP contribution in [0.5, 0.6) is 11.5 Å². The van der Waals surface area contributed by atoms with Gasteiger partial charge in [-0.1, -0.05) is 6.58 Å². The second-order valence-corrected chi connectivity index (χ2v) is 8.62. The fourth-order valence-electron chi connectivity index (χ4n) is 4.20. The number of nitrogens with one attached hydrogen (secondary N) is 3. The number of methoxy groups -OCH3 is 3. The molecule has 11 nitrogen and oxygen atoms in total. The Morgan fingerprint density at radius 3 is 2.56 bits per heavy atom. The van der Waals surface area contributed by atoms with E-state index in [1.165, 1.54) is 32.6 Å². The number of carbonyl (C=O) groups excluding carboxylic acids is 1. The molecule has 0 saturated carbocycles. The Balaban J connectivity index is 1.76. The minimum absolute atomic E-state index is 0.00759. The maximum absolute atomic E-state index is 15.3. The fraction of sp³-hybridized carbons (Fsp3) is 0.385. The molecule has 2 atom stereocenters. The summed E-state index contributed by atoms with van der Waals surface area (Å²) >= 11 is 0. The average Bonchev–Trinajstić information content (AvgIpc) is 2.94. The van der Waals surface area contributed by atoms with Crippen molar-refractivity contribution >= 4 is 28.6 Å². The first-order chi connectivity index (χ1) is 18.9. The van der Waals surface area contributed by atoms with Gasteiger partial charge < -0.3 is 34.9 Å². The molecular weight excluding hydrogens is 514 g/mol. The predicted octanol–water partition coefficient (Wildman–Crippen LogP) is 2.92. The van der Waals surface area contributed by atoms with E-state index in [1.54, 1.807) is 7.11 Å². The predicted molar refractivity (Wildman–Crippen MR) is 141 cm³/mol. The van der Waals surface area contributed by atoms with Gasteiger partial charge in [0.2, 0.25) is 11.9 Å². The highest BCUT2D eigenvalue weighted by atomic mass is 19.1. The highest BCUT2D eigenvalue weighted by Crippen LogP contribution is 2.38. The summed E-state index contributed by atoms with van der Waals surface area (Å²) < 4.78 is 51.4. The van der Waals surface area contributed by atoms with Gasteiger partial charge in [-0.05, 0) is 18.6 Å². The molecule has 1 aliphatic heterocycles. The number of anilines is 2. The van der Waals surface area contributed by atoms with Crippen LogP contribution in [-0.2, 0) is 14.3 Å². The van der Waals surface area contributed by atoms with E-state index < -0.39 is 17.2 Å². The van der Waals surface area contributed by atoms with Crippen LogP contribution < -0.4 is 25.4 Å². The number of rotatable bonds is 11. The summed E-state index contributed by atoms with van der Waals surface area (Å²) in [6.07, 6.45) is 3.33. The number of hydrogen-bond donors (Lipinski definition) is 3. The third-order valence-corrected chi connectivity index (χ3v) is 6.18. The van der Waals surface area contributed by atoms with Gasteiger partial charge in [0.1, 0.15) is 5.52 Å². The monoisotopic (exact) mass is 544 g/mol. The molecule has 1 aliphatic rings. The largest absolute Gasteiger partial charge is 0.494 e. The summed E-state index contributed by atoms with van der Waals surface area (Å²) in [5, 5.41) is 9.69. The number of amides is 1. The first-order valence-electron chi connectivity index (χ1n) is 12.2. The van der Waals surface area contributed by atoms with Crippen LogP contribution in [0.1, 0.15) is 6.42 Å². The molecule has 0 radical (unpaired) electrons. The van der Waals surface area contributed by atoms with Crippen LogP contribution in [0.25, 0.3) is 22.2 Å². The molecule has 1 amide bonds. The van der Waals surface area contributed by atoms with E-state index in [1.807, 2.05) is 0 Å². The van der Waals surface area contributed by atoms with Gasteiger partial charge in [0.05, 0.1) is 50.8 Å². The lowest BCUT2D eigenvalue weighted by molar-refractivity contribution is -0.117. The van der Waals surface area contributed by atoms with Crippen LogP contribution in [0.2, 0.25) is 0 Å². The third-order valence-electron chi connectivity index (χ3n) is 6.18. The Labute approximate surface area is 223 Å². The SMILES string of the molecule is C=CC(=O)N[C@H]1CCOC[C@H]1Nc1ncc2cc(-c3c(F)c(OC)cc(OC)c3F)nc(NCCOC)c2n1. The van der Waals surface area contributed by atoms with Crippen LogP contribution in [0, 0.1) is 11.6 Å². The Morgan fingerprint density at radius 1 is 1.15 bits per heavy atom. The number of ether oxygens (including phenoxy) is 4. The van der Waals surface area contributed by atoms with Crippen molar-refractivity contribution in [1.29, 1.82) is 0 Å². The Bertz CT molecular complexity index is 1330. The first kappa shape index (κ1) is 27.9. The van der Waals surface area contributed by atoms with E-state index in [4.69, 9.17) is 18.9 Å². The average molecular weight is 545 g/mol. The van der Waals surface area contributed by atoms with Gasteiger partial charge >= 0.3 is 0 Å². The number of carbonyl (C=O) groups is 1. The molecule has 0 bridgehead atoms. The van der Waals surface area contributed by atoms with Gasteiger partial charge in [0.25, 0.3) is 0 Å². The number of fused-ring (bicyclic) bond motifs is 1. The lowest BCUT2D eigenvalue weighted by Gasteiger charge is -2.32. The van der Waals surface area contributed by atoms with Crippen LogP contribution >= 0.6 is 0 Å². The lowest BCUT2D eigenvalue weighted by Crippen LogP contribution is -2.52. The van der Waals surface area contributed by atoms with Crippen molar-refractivity contribution in [2.45, 2.75) is 18.5 Å². The van der Waals surface area contributed by atoms with Crippen LogP contribution in [0.4, 0.5) is 20.5 Å². The second-order valence-electron chi connectivity index (χ2n) is 8.62. The van der Waals surface area contributed by atoms with Gasteiger partial charge in [-0.2, -0.15) is 0 Å². The topological polar surface area (TPSA) is 129 Å². The molecule has 3 heterocycles. The summed E-state index contributed by atoms with van der Waals surface area (Å²) in [5.41, 5.74) is -0.0107. The van der Waals surface area contributed by atoms with Gasteiger partial charge in [0, 0.05) is 37.9 Å². The summed E-state index contributed by atoms with van der Waals surface area (Å²) in [5.74, 6) is -1.99. The van der Waals surface area contributed by atoms with Crippen LogP contribution in [0.15, 0.2) is 31.0 Å². The van der Waals surface area contributed by atoms with Crippen molar-refractivity contribution in [3.63, 3.8) is 0 Å². The summed E-state index contributed by atoms with van der Waals surface area (Å²) in [6, 6.07) is 2.09. The molecule has 0 spiro atoms. The van der Waals surface area contributed by atoms with Gasteiger partial charge in [-0.3, -0.25) is 4.79 Å². The van der Waals surface area contributed by atoms with Crippen molar-refractivity contribution in [3.05, 3.63) is 42.6 Å². The molecule has 1 saturated heterocycles. The Morgan fingerprint density at radius 2 is 1.90 bits per heavy atom. The van der Waals surface area contributed by atoms with Gasteiger partial charge in [-0.15, -0.1) is 0 Å². The zero-order valence-electron chi connectivity index (χ0n) is 21.8. The van der Waals surface area contributed by atoms with E-state index in [0.29, 0.717) is 43.7 Å². The van der Waals surface area contributed by atoms with E-state index in [0.717, 1.165) is 6.07 Å². The summed E-state index contributed by atoms with van der Waals surface area (Å²) in [7, 11) is 4.10. The minimum atomic E-state index is -0.922. The normalized spacial score (nSPS) is 16.9. The zero-order chi connectivity index (χ0) is 27.9. The van der Waals surface area contributed by atoms with E-state index in [-0.39, 0.29) is 47.0 Å². The van der Waals surface area contributed by atoms with Crippen molar-refractivity contribution in [3.8, 4) is 22.8 Å². The van der Waals surface area contributed by atoms with Crippen LogP contribution in [-0.4, -0.2) is 80.6 Å². The first-order valence-corrected chi connectivity index (χ1v) is 12.2. The maximum atomic E-state index is 15.3. The van der Waals surface area contributed by atoms with Crippen molar-refractivity contribution < 1.29 is 32.5 Å². The molecule has 0 aliphatic carbocycles. The molecular formula is C26H30F2N6O5. The Kier molecular flexibility index (Phi) is 9.04. The standard InChI is InChI=1S/C26H30F2N6O5/c1-5-20(35)31-15-6-8-39-13-17(15)33-26-30-12-14-10-16(32-25(24(14)34-26)29-7-9-36-2)21-22(27)18(37-3)11-19(38-4)23(21)28/h5,10-12,15,17H,1,6-9,13H2,2-4H3,(H,29,32)(H,31,35)(H,30,33,34)/t15-,17+/m0/s1. The number of benzene rings is 1. The number of aromatic nitrogens is 3. The molecule has 4 rings (SSSR count). The Hall–Kier alpha value is -4.10. The molecule has 3 N–H and O–H groups in total. The van der Waals surface area contributed by atoms with Crippen molar-refractivity contribution in [2.24, 2.45) is 0 Å².